The smallest absolute Gasteiger partial charge is 0.307 e. The van der Waals surface area contributed by atoms with Gasteiger partial charge in [-0.25, -0.2) is 4.98 Å². The molecule has 0 saturated carbocycles. The van der Waals surface area contributed by atoms with Crippen LogP contribution >= 0.6 is 11.8 Å². The number of aromatic nitrogens is 2. The monoisotopic (exact) mass is 346 g/mol. The van der Waals surface area contributed by atoms with Gasteiger partial charge in [0.1, 0.15) is 5.82 Å². The average Bonchev–Trinajstić information content (AvgIpc) is 2.52. The van der Waals surface area contributed by atoms with Crippen molar-refractivity contribution in [2.24, 2.45) is 0 Å². The van der Waals surface area contributed by atoms with E-state index in [0.29, 0.717) is 0 Å². The normalized spacial score (nSPS) is 10.6. The Kier molecular flexibility index (Phi) is 6.43. The lowest BCUT2D eigenvalue weighted by atomic mass is 10.2. The Morgan fingerprint density at radius 3 is 2.62 bits per heavy atom. The lowest BCUT2D eigenvalue weighted by Gasteiger charge is -2.13. The lowest BCUT2D eigenvalue weighted by molar-refractivity contribution is -0.136. The number of carbonyl (C=O) groups is 1. The maximum atomic E-state index is 10.7. The van der Waals surface area contributed by atoms with E-state index in [1.807, 2.05) is 31.2 Å². The summed E-state index contributed by atoms with van der Waals surface area (Å²) in [6.45, 7) is 4.87. The van der Waals surface area contributed by atoms with Gasteiger partial charge in [0.15, 0.2) is 0 Å². The minimum absolute atomic E-state index is 0.0266. The number of hydrogen-bond donors (Lipinski definition) is 3. The van der Waals surface area contributed by atoms with Crippen molar-refractivity contribution in [2.45, 2.75) is 42.9 Å². The first-order chi connectivity index (χ1) is 11.5. The zero-order valence-electron chi connectivity index (χ0n) is 13.9. The molecule has 0 spiro atoms. The molecule has 128 valence electrons. The van der Waals surface area contributed by atoms with E-state index in [1.165, 1.54) is 0 Å². The largest absolute Gasteiger partial charge is 0.481 e. The number of nitrogens with zero attached hydrogens (tertiary/aromatic N) is 2. The molecule has 2 rings (SSSR count). The van der Waals surface area contributed by atoms with Crippen LogP contribution in [0.25, 0.3) is 0 Å². The van der Waals surface area contributed by atoms with Crippen molar-refractivity contribution in [3.05, 3.63) is 35.5 Å². The van der Waals surface area contributed by atoms with Crippen LogP contribution in [0.4, 0.5) is 11.8 Å². The molecule has 4 N–H and O–H groups in total. The van der Waals surface area contributed by atoms with Gasteiger partial charge in [0.05, 0.1) is 17.0 Å². The highest BCUT2D eigenvalue weighted by Crippen LogP contribution is 2.35. The molecule has 1 aromatic heterocycles. The summed E-state index contributed by atoms with van der Waals surface area (Å²) in [6.07, 6.45) is 2.18. The van der Waals surface area contributed by atoms with Crippen molar-refractivity contribution in [1.29, 1.82) is 0 Å². The van der Waals surface area contributed by atoms with Crippen LogP contribution in [-0.2, 0) is 11.2 Å². The quantitative estimate of drug-likeness (QED) is 0.630. The summed E-state index contributed by atoms with van der Waals surface area (Å²) < 4.78 is 0. The van der Waals surface area contributed by atoms with E-state index in [4.69, 9.17) is 10.8 Å². The SMILES string of the molecule is CCCCNc1nc(N)nc(C)c1Sc1ccc(CC(=O)O)cc1. The Bertz CT molecular complexity index is 704. The maximum absolute atomic E-state index is 10.7. The van der Waals surface area contributed by atoms with Crippen LogP contribution in [0, 0.1) is 6.92 Å². The number of benzene rings is 1. The number of unbranched alkanes of at least 4 members (excludes halogenated alkanes) is 1. The second-order valence-corrected chi connectivity index (χ2v) is 6.53. The zero-order chi connectivity index (χ0) is 17.5. The van der Waals surface area contributed by atoms with Gasteiger partial charge in [-0.3, -0.25) is 4.79 Å². The topological polar surface area (TPSA) is 101 Å². The van der Waals surface area contributed by atoms with E-state index >= 15 is 0 Å². The van der Waals surface area contributed by atoms with E-state index in [1.54, 1.807) is 11.8 Å². The zero-order valence-corrected chi connectivity index (χ0v) is 14.7. The molecule has 0 aliphatic rings. The van der Waals surface area contributed by atoms with Crippen LogP contribution < -0.4 is 11.1 Å². The molecule has 0 aliphatic heterocycles. The number of anilines is 2. The molecular formula is C17H22N4O2S. The molecule has 0 radical (unpaired) electrons. The maximum Gasteiger partial charge on any atom is 0.307 e. The minimum atomic E-state index is -0.833. The highest BCUT2D eigenvalue weighted by atomic mass is 32.2. The molecule has 24 heavy (non-hydrogen) atoms. The van der Waals surface area contributed by atoms with E-state index < -0.39 is 5.97 Å². The lowest BCUT2D eigenvalue weighted by Crippen LogP contribution is -2.08. The summed E-state index contributed by atoms with van der Waals surface area (Å²) >= 11 is 1.54. The fraction of sp³-hybridized carbons (Fsp3) is 0.353. The molecule has 0 saturated heterocycles. The second kappa shape index (κ2) is 8.54. The van der Waals surface area contributed by atoms with Gasteiger partial charge in [-0.05, 0) is 31.0 Å². The first-order valence-corrected chi connectivity index (χ1v) is 8.67. The number of rotatable bonds is 8. The van der Waals surface area contributed by atoms with Gasteiger partial charge in [0.25, 0.3) is 0 Å². The number of aryl methyl sites for hydroxylation is 1. The van der Waals surface area contributed by atoms with Gasteiger partial charge in [-0.2, -0.15) is 4.98 Å². The predicted molar refractivity (Wildman–Crippen MR) is 96.5 cm³/mol. The standard InChI is InChI=1S/C17H22N4O2S/c1-3-4-9-19-16-15(11(2)20-17(18)21-16)24-13-7-5-12(6-8-13)10-14(22)23/h5-8H,3-4,9-10H2,1-2H3,(H,22,23)(H3,18,19,20,21). The third kappa shape index (κ3) is 5.13. The molecule has 0 atom stereocenters. The summed E-state index contributed by atoms with van der Waals surface area (Å²) in [7, 11) is 0. The van der Waals surface area contributed by atoms with E-state index in [-0.39, 0.29) is 12.4 Å². The number of carboxylic acid groups (broad SMARTS) is 1. The van der Waals surface area contributed by atoms with Crippen LogP contribution in [0.1, 0.15) is 31.0 Å². The third-order valence-corrected chi connectivity index (χ3v) is 4.57. The van der Waals surface area contributed by atoms with E-state index in [0.717, 1.165) is 46.3 Å². The minimum Gasteiger partial charge on any atom is -0.481 e. The number of nitrogen functional groups attached to an aromatic ring is 1. The van der Waals surface area contributed by atoms with Crippen molar-refractivity contribution in [3.63, 3.8) is 0 Å². The van der Waals surface area contributed by atoms with Crippen molar-refractivity contribution in [2.75, 3.05) is 17.6 Å². The summed E-state index contributed by atoms with van der Waals surface area (Å²) in [5, 5.41) is 12.2. The van der Waals surface area contributed by atoms with Gasteiger partial charge < -0.3 is 16.2 Å². The first kappa shape index (κ1) is 18.1. The molecule has 0 amide bonds. The average molecular weight is 346 g/mol. The second-order valence-electron chi connectivity index (χ2n) is 5.44. The molecule has 0 bridgehead atoms. The number of aliphatic carboxylic acids is 1. The Labute approximate surface area is 145 Å². The molecule has 7 heteroatoms. The third-order valence-electron chi connectivity index (χ3n) is 3.37. The van der Waals surface area contributed by atoms with Crippen LogP contribution in [0.15, 0.2) is 34.1 Å². The molecule has 1 heterocycles. The number of nitrogens with one attached hydrogen (secondary N) is 1. The van der Waals surface area contributed by atoms with Crippen LogP contribution in [0.2, 0.25) is 0 Å². The molecule has 0 fully saturated rings. The highest BCUT2D eigenvalue weighted by molar-refractivity contribution is 7.99. The van der Waals surface area contributed by atoms with Crippen LogP contribution in [0.3, 0.4) is 0 Å². The molecule has 0 aliphatic carbocycles. The summed E-state index contributed by atoms with van der Waals surface area (Å²) in [5.41, 5.74) is 7.36. The predicted octanol–water partition coefficient (Wildman–Crippen LogP) is 3.36. The molecule has 6 nitrogen and oxygen atoms in total. The van der Waals surface area contributed by atoms with Crippen molar-refractivity contribution < 1.29 is 9.90 Å². The molecule has 0 unspecified atom stereocenters. The fourth-order valence-electron chi connectivity index (χ4n) is 2.18. The number of carboxylic acids is 1. The Morgan fingerprint density at radius 1 is 1.29 bits per heavy atom. The van der Waals surface area contributed by atoms with Gasteiger partial charge in [0.2, 0.25) is 5.95 Å². The molecule has 1 aromatic carbocycles. The van der Waals surface area contributed by atoms with Crippen molar-refractivity contribution in [3.8, 4) is 0 Å². The number of nitrogens with two attached hydrogens (primary N) is 1. The van der Waals surface area contributed by atoms with Crippen LogP contribution in [-0.4, -0.2) is 27.6 Å². The summed E-state index contributed by atoms with van der Waals surface area (Å²) in [4.78, 5) is 21.2. The highest BCUT2D eigenvalue weighted by Gasteiger charge is 2.12. The van der Waals surface area contributed by atoms with Gasteiger partial charge in [-0.15, -0.1) is 0 Å². The Morgan fingerprint density at radius 2 is 2.00 bits per heavy atom. The van der Waals surface area contributed by atoms with Crippen molar-refractivity contribution >= 4 is 29.5 Å². The van der Waals surface area contributed by atoms with E-state index in [2.05, 4.69) is 22.2 Å². The van der Waals surface area contributed by atoms with Gasteiger partial charge >= 0.3 is 5.97 Å². The summed E-state index contributed by atoms with van der Waals surface area (Å²) in [5.74, 6) is 0.168. The van der Waals surface area contributed by atoms with E-state index in [9.17, 15) is 4.79 Å². The van der Waals surface area contributed by atoms with Crippen molar-refractivity contribution in [1.82, 2.24) is 9.97 Å². The van der Waals surface area contributed by atoms with Gasteiger partial charge in [0, 0.05) is 11.4 Å². The Hall–Kier alpha value is -2.28. The molecule has 2 aromatic rings. The first-order valence-electron chi connectivity index (χ1n) is 7.86. The molecular weight excluding hydrogens is 324 g/mol. The Balaban J connectivity index is 2.19. The summed E-state index contributed by atoms with van der Waals surface area (Å²) in [6, 6.07) is 7.48. The van der Waals surface area contributed by atoms with Gasteiger partial charge in [-0.1, -0.05) is 37.2 Å². The van der Waals surface area contributed by atoms with Crippen LogP contribution in [0.5, 0.6) is 0 Å². The fourth-order valence-corrected chi connectivity index (χ4v) is 3.09. The number of hydrogen-bond acceptors (Lipinski definition) is 6.